The van der Waals surface area contributed by atoms with Gasteiger partial charge in [0, 0.05) is 0 Å². The summed E-state index contributed by atoms with van der Waals surface area (Å²) in [6, 6.07) is 6.18. The molecule has 8 N–H and O–H groups in total. The van der Waals surface area contributed by atoms with Crippen molar-refractivity contribution in [3.05, 3.63) is 35.9 Å². The van der Waals surface area contributed by atoms with E-state index < -0.39 is 60.5 Å². The van der Waals surface area contributed by atoms with Crippen molar-refractivity contribution in [1.82, 2.24) is 21.3 Å². The third-order valence-electron chi connectivity index (χ3n) is 5.17. The number of carbonyl (C=O) groups excluding carboxylic acids is 4. The lowest BCUT2D eigenvalue weighted by Crippen LogP contribution is -2.57. The minimum Gasteiger partial charge on any atom is -0.478 e. The molecule has 206 valence electrons. The summed E-state index contributed by atoms with van der Waals surface area (Å²) >= 11 is 1.41. The standard InChI is InChI=1S/C24H37N5O7S/c1-14(2)11-18(22(33)28-17(9-10-37-3)21(32)29-23(34)24(35)36)27-19(30)13-26-20(31)16(25)12-15-7-5-4-6-8-15/h4-8,14,16-18,23,34H,9-13,25H2,1-3H3,(H,26,31)(H,27,30)(H,28,33)(H,29,32)(H,35,36)/t16-,17-,18-,23?/m0/s1. The van der Waals surface area contributed by atoms with E-state index in [1.807, 2.05) is 49.5 Å². The molecule has 12 nitrogen and oxygen atoms in total. The normalized spacial score (nSPS) is 14.1. The van der Waals surface area contributed by atoms with Crippen molar-refractivity contribution in [2.24, 2.45) is 11.7 Å². The monoisotopic (exact) mass is 539 g/mol. The molecule has 0 fully saturated rings. The molecule has 1 unspecified atom stereocenters. The number of hydrogen-bond donors (Lipinski definition) is 7. The molecule has 0 aliphatic carbocycles. The SMILES string of the molecule is CSCC[C@H](NC(=O)[C@H](CC(C)C)NC(=O)CNC(=O)[C@@H](N)Cc1ccccc1)C(=O)NC(O)C(=O)O. The summed E-state index contributed by atoms with van der Waals surface area (Å²) < 4.78 is 0. The highest BCUT2D eigenvalue weighted by Crippen LogP contribution is 2.08. The Balaban J connectivity index is 2.75. The summed E-state index contributed by atoms with van der Waals surface area (Å²) in [6.45, 7) is 3.29. The molecule has 0 heterocycles. The Morgan fingerprint density at radius 3 is 2.14 bits per heavy atom. The highest BCUT2D eigenvalue weighted by molar-refractivity contribution is 7.98. The van der Waals surface area contributed by atoms with Gasteiger partial charge in [-0.05, 0) is 42.8 Å². The van der Waals surface area contributed by atoms with Crippen LogP contribution in [-0.4, -0.2) is 82.7 Å². The molecule has 1 aromatic carbocycles. The number of rotatable bonds is 16. The van der Waals surface area contributed by atoms with E-state index in [2.05, 4.69) is 16.0 Å². The van der Waals surface area contributed by atoms with Gasteiger partial charge in [0.05, 0.1) is 12.6 Å². The van der Waals surface area contributed by atoms with Crippen molar-refractivity contribution >= 4 is 41.4 Å². The summed E-state index contributed by atoms with van der Waals surface area (Å²) in [5.74, 6) is -3.83. The number of amides is 4. The predicted octanol–water partition coefficient (Wildman–Crippen LogP) is -1.04. The summed E-state index contributed by atoms with van der Waals surface area (Å²) in [4.78, 5) is 61.1. The molecule has 4 amide bonds. The smallest absolute Gasteiger partial charge is 0.353 e. The largest absolute Gasteiger partial charge is 0.478 e. The number of benzene rings is 1. The van der Waals surface area contributed by atoms with Crippen LogP contribution in [0.5, 0.6) is 0 Å². The highest BCUT2D eigenvalue weighted by atomic mass is 32.2. The van der Waals surface area contributed by atoms with Crippen LogP contribution in [0, 0.1) is 5.92 Å². The van der Waals surface area contributed by atoms with E-state index in [4.69, 9.17) is 10.8 Å². The first-order valence-electron chi connectivity index (χ1n) is 11.8. The Bertz CT molecular complexity index is 916. The minimum absolute atomic E-state index is 0.00255. The van der Waals surface area contributed by atoms with Gasteiger partial charge >= 0.3 is 5.97 Å². The Morgan fingerprint density at radius 2 is 1.57 bits per heavy atom. The van der Waals surface area contributed by atoms with Crippen LogP contribution in [0.2, 0.25) is 0 Å². The minimum atomic E-state index is -2.12. The topological polar surface area (TPSA) is 200 Å². The van der Waals surface area contributed by atoms with Gasteiger partial charge in [0.15, 0.2) is 0 Å². The molecule has 0 spiro atoms. The zero-order valence-corrected chi connectivity index (χ0v) is 22.0. The van der Waals surface area contributed by atoms with Gasteiger partial charge in [-0.25, -0.2) is 4.79 Å². The van der Waals surface area contributed by atoms with Crippen LogP contribution in [0.4, 0.5) is 0 Å². The molecule has 4 atom stereocenters. The van der Waals surface area contributed by atoms with Crippen molar-refractivity contribution in [1.29, 1.82) is 0 Å². The summed E-state index contributed by atoms with van der Waals surface area (Å²) in [5.41, 5.74) is 6.80. The van der Waals surface area contributed by atoms with Gasteiger partial charge in [0.25, 0.3) is 0 Å². The molecule has 1 aromatic rings. The molecule has 0 radical (unpaired) electrons. The quantitative estimate of drug-likeness (QED) is 0.128. The maximum Gasteiger partial charge on any atom is 0.353 e. The van der Waals surface area contributed by atoms with E-state index >= 15 is 0 Å². The van der Waals surface area contributed by atoms with Gasteiger partial charge in [-0.1, -0.05) is 44.2 Å². The molecule has 0 saturated heterocycles. The summed E-state index contributed by atoms with van der Waals surface area (Å²) in [6.07, 6.45) is 0.383. The number of nitrogens with two attached hydrogens (primary N) is 1. The van der Waals surface area contributed by atoms with Crippen molar-refractivity contribution < 1.29 is 34.2 Å². The molecular weight excluding hydrogens is 502 g/mol. The van der Waals surface area contributed by atoms with Gasteiger partial charge in [0.1, 0.15) is 12.1 Å². The predicted molar refractivity (Wildman–Crippen MR) is 139 cm³/mol. The number of carboxylic acids is 1. The number of carbonyl (C=O) groups is 5. The zero-order valence-electron chi connectivity index (χ0n) is 21.2. The first kappa shape index (κ1) is 31.9. The van der Waals surface area contributed by atoms with E-state index in [0.717, 1.165) is 5.56 Å². The lowest BCUT2D eigenvalue weighted by atomic mass is 10.0. The van der Waals surface area contributed by atoms with Crippen LogP contribution in [0.1, 0.15) is 32.3 Å². The van der Waals surface area contributed by atoms with Crippen molar-refractivity contribution in [2.45, 2.75) is 57.5 Å². The first-order chi connectivity index (χ1) is 17.4. The van der Waals surface area contributed by atoms with Gasteiger partial charge < -0.3 is 37.2 Å². The lowest BCUT2D eigenvalue weighted by molar-refractivity contribution is -0.151. The number of aliphatic carboxylic acids is 1. The highest BCUT2D eigenvalue weighted by Gasteiger charge is 2.29. The fourth-order valence-electron chi connectivity index (χ4n) is 3.28. The van der Waals surface area contributed by atoms with Crippen LogP contribution in [0.25, 0.3) is 0 Å². The van der Waals surface area contributed by atoms with Crippen molar-refractivity contribution in [2.75, 3.05) is 18.6 Å². The Hall–Kier alpha value is -3.16. The van der Waals surface area contributed by atoms with Crippen molar-refractivity contribution in [3.63, 3.8) is 0 Å². The average Bonchev–Trinajstić information content (AvgIpc) is 2.84. The maximum absolute atomic E-state index is 13.0. The molecular formula is C24H37N5O7S. The van der Waals surface area contributed by atoms with Crippen LogP contribution in [0.3, 0.4) is 0 Å². The van der Waals surface area contributed by atoms with Gasteiger partial charge in [-0.15, -0.1) is 0 Å². The van der Waals surface area contributed by atoms with Gasteiger partial charge in [0.2, 0.25) is 29.9 Å². The van der Waals surface area contributed by atoms with Crippen LogP contribution >= 0.6 is 11.8 Å². The fraction of sp³-hybridized carbons (Fsp3) is 0.542. The molecule has 1 rings (SSSR count). The summed E-state index contributed by atoms with van der Waals surface area (Å²) in [5, 5.41) is 27.7. The second-order valence-corrected chi connectivity index (χ2v) is 9.84. The van der Waals surface area contributed by atoms with Crippen LogP contribution in [-0.2, 0) is 30.4 Å². The Kier molecular flexibility index (Phi) is 14.3. The second-order valence-electron chi connectivity index (χ2n) is 8.86. The molecule has 0 bridgehead atoms. The van der Waals surface area contributed by atoms with Crippen LogP contribution in [0.15, 0.2) is 30.3 Å². The summed E-state index contributed by atoms with van der Waals surface area (Å²) in [7, 11) is 0. The number of hydrogen-bond acceptors (Lipinski definition) is 8. The van der Waals surface area contributed by atoms with Gasteiger partial charge in [-0.2, -0.15) is 11.8 Å². The third kappa shape index (κ3) is 12.6. The van der Waals surface area contributed by atoms with Crippen molar-refractivity contribution in [3.8, 4) is 0 Å². The second kappa shape index (κ2) is 16.6. The molecule has 0 saturated carbocycles. The molecule has 0 aliphatic rings. The average molecular weight is 540 g/mol. The van der Waals surface area contributed by atoms with E-state index in [1.54, 1.807) is 6.26 Å². The zero-order chi connectivity index (χ0) is 28.0. The van der Waals surface area contributed by atoms with E-state index in [-0.39, 0.29) is 18.8 Å². The Morgan fingerprint density at radius 1 is 0.946 bits per heavy atom. The number of aliphatic hydroxyl groups is 1. The number of aliphatic hydroxyl groups excluding tert-OH is 1. The molecule has 13 heteroatoms. The fourth-order valence-corrected chi connectivity index (χ4v) is 3.75. The maximum atomic E-state index is 13.0. The Labute approximate surface area is 220 Å². The van der Waals surface area contributed by atoms with E-state index in [9.17, 15) is 29.1 Å². The van der Waals surface area contributed by atoms with Gasteiger partial charge in [-0.3, -0.25) is 19.2 Å². The third-order valence-corrected chi connectivity index (χ3v) is 5.82. The lowest BCUT2D eigenvalue weighted by Gasteiger charge is -2.24. The molecule has 37 heavy (non-hydrogen) atoms. The first-order valence-corrected chi connectivity index (χ1v) is 13.2. The van der Waals surface area contributed by atoms with Crippen LogP contribution < -0.4 is 27.0 Å². The molecule has 0 aliphatic heterocycles. The number of thioether (sulfide) groups is 1. The molecule has 0 aromatic heterocycles. The van der Waals surface area contributed by atoms with E-state index in [0.29, 0.717) is 12.2 Å². The number of nitrogens with one attached hydrogen (secondary N) is 4. The van der Waals surface area contributed by atoms with E-state index in [1.165, 1.54) is 11.8 Å². The number of carboxylic acid groups (broad SMARTS) is 1.